The van der Waals surface area contributed by atoms with Crippen molar-refractivity contribution in [3.05, 3.63) is 69.0 Å². The highest BCUT2D eigenvalue weighted by Gasteiger charge is 2.20. The van der Waals surface area contributed by atoms with Crippen molar-refractivity contribution < 1.29 is 19.0 Å². The Labute approximate surface area is 145 Å². The summed E-state index contributed by atoms with van der Waals surface area (Å²) in [5.41, 5.74) is 2.58. The highest BCUT2D eigenvalue weighted by atomic mass is 19.1. The highest BCUT2D eigenvalue weighted by molar-refractivity contribution is 5.95. The van der Waals surface area contributed by atoms with Gasteiger partial charge in [-0.1, -0.05) is 18.2 Å². The Morgan fingerprint density at radius 1 is 1.20 bits per heavy atom. The molecule has 0 fully saturated rings. The number of anilines is 1. The van der Waals surface area contributed by atoms with Crippen LogP contribution in [0.3, 0.4) is 0 Å². The van der Waals surface area contributed by atoms with Gasteiger partial charge in [0.1, 0.15) is 18.0 Å². The Balaban J connectivity index is 2.06. The van der Waals surface area contributed by atoms with Crippen LogP contribution < -0.4 is 10.2 Å². The minimum atomic E-state index is -0.503. The maximum atomic E-state index is 12.9. The van der Waals surface area contributed by atoms with E-state index in [0.29, 0.717) is 12.1 Å². The fraction of sp³-hybridized carbons (Fsp3) is 0.278. The molecule has 2 N–H and O–H groups in total. The van der Waals surface area contributed by atoms with Crippen LogP contribution in [0.2, 0.25) is 0 Å². The molecular weight excluding hydrogens is 325 g/mol. The second-order valence-electron chi connectivity index (χ2n) is 6.14. The third kappa shape index (κ3) is 4.84. The lowest BCUT2D eigenvalue weighted by Gasteiger charge is -2.15. The molecule has 1 unspecified atom stereocenters. The van der Waals surface area contributed by atoms with E-state index in [-0.39, 0.29) is 29.6 Å². The number of carbonyl (C=O) groups is 1. The van der Waals surface area contributed by atoms with Crippen molar-refractivity contribution in [2.45, 2.75) is 20.4 Å². The van der Waals surface area contributed by atoms with Gasteiger partial charge in [-0.15, -0.1) is 0 Å². The Kier molecular flexibility index (Phi) is 5.82. The van der Waals surface area contributed by atoms with Crippen LogP contribution >= 0.6 is 0 Å². The Hall–Kier alpha value is -2.80. The summed E-state index contributed by atoms with van der Waals surface area (Å²) in [5, 5.41) is 13.8. The third-order valence-electron chi connectivity index (χ3n) is 4.06. The topological polar surface area (TPSA) is 76.7 Å². The molecular formula is C18H21FN3O3+. The second kappa shape index (κ2) is 7.85. The number of likely N-dealkylation sites (N-methyl/N-ethyl adjacent to an activating group) is 1. The van der Waals surface area contributed by atoms with Crippen molar-refractivity contribution in [1.29, 1.82) is 0 Å². The molecule has 2 aromatic carbocycles. The number of benzene rings is 2. The lowest BCUT2D eigenvalue weighted by molar-refractivity contribution is -0.885. The monoisotopic (exact) mass is 346 g/mol. The largest absolute Gasteiger partial charge is 0.326 e. The average Bonchev–Trinajstić information content (AvgIpc) is 2.53. The Morgan fingerprint density at radius 3 is 2.44 bits per heavy atom. The molecule has 25 heavy (non-hydrogen) atoms. The summed E-state index contributed by atoms with van der Waals surface area (Å²) in [4.78, 5) is 23.9. The van der Waals surface area contributed by atoms with Gasteiger partial charge < -0.3 is 10.2 Å². The van der Waals surface area contributed by atoms with Crippen molar-refractivity contribution in [3.8, 4) is 0 Å². The maximum absolute atomic E-state index is 12.9. The number of nitro groups is 1. The summed E-state index contributed by atoms with van der Waals surface area (Å²) in [5.74, 6) is -0.613. The van der Waals surface area contributed by atoms with Crippen molar-refractivity contribution in [2.24, 2.45) is 0 Å². The molecule has 0 saturated carbocycles. The Morgan fingerprint density at radius 2 is 1.84 bits per heavy atom. The first-order valence-corrected chi connectivity index (χ1v) is 7.88. The van der Waals surface area contributed by atoms with E-state index in [1.165, 1.54) is 18.2 Å². The van der Waals surface area contributed by atoms with E-state index in [4.69, 9.17) is 0 Å². The van der Waals surface area contributed by atoms with Crippen LogP contribution in [0.15, 0.2) is 36.4 Å². The fourth-order valence-corrected chi connectivity index (χ4v) is 2.58. The van der Waals surface area contributed by atoms with Gasteiger partial charge in [-0.05, 0) is 37.1 Å². The maximum Gasteiger partial charge on any atom is 0.293 e. The molecule has 0 aliphatic carbocycles. The number of carbonyl (C=O) groups excluding carboxylic acids is 1. The smallest absolute Gasteiger partial charge is 0.293 e. The van der Waals surface area contributed by atoms with Crippen LogP contribution in [-0.4, -0.2) is 24.4 Å². The van der Waals surface area contributed by atoms with Gasteiger partial charge in [-0.25, -0.2) is 4.39 Å². The first kappa shape index (κ1) is 18.5. The number of aryl methyl sites for hydroxylation is 1. The van der Waals surface area contributed by atoms with Crippen LogP contribution in [0.25, 0.3) is 0 Å². The first-order chi connectivity index (χ1) is 11.8. The van der Waals surface area contributed by atoms with Gasteiger partial charge in [0.05, 0.1) is 12.0 Å². The molecule has 0 saturated heterocycles. The molecule has 2 aromatic rings. The number of nitrogens with one attached hydrogen (secondary N) is 2. The zero-order valence-electron chi connectivity index (χ0n) is 14.4. The molecule has 2 rings (SSSR count). The lowest BCUT2D eigenvalue weighted by Crippen LogP contribution is -3.08. The summed E-state index contributed by atoms with van der Waals surface area (Å²) < 4.78 is 12.9. The molecule has 1 amide bonds. The van der Waals surface area contributed by atoms with Crippen molar-refractivity contribution in [2.75, 3.05) is 18.9 Å². The van der Waals surface area contributed by atoms with E-state index in [1.807, 2.05) is 14.0 Å². The van der Waals surface area contributed by atoms with Crippen LogP contribution in [-0.2, 0) is 11.3 Å². The molecule has 0 radical (unpaired) electrons. The molecule has 1 atom stereocenters. The van der Waals surface area contributed by atoms with Crippen molar-refractivity contribution in [3.63, 3.8) is 0 Å². The van der Waals surface area contributed by atoms with E-state index >= 15 is 0 Å². The molecule has 0 spiro atoms. The standard InChI is InChI=1S/C18H20FN3O3/c1-12-4-9-16(22(24)25)18(13(12)2)20-17(23)11-21(3)10-14-5-7-15(19)8-6-14/h4-9H,10-11H2,1-3H3,(H,20,23)/p+1. The fourth-order valence-electron chi connectivity index (χ4n) is 2.58. The van der Waals surface area contributed by atoms with Gasteiger partial charge in [0, 0.05) is 11.6 Å². The van der Waals surface area contributed by atoms with Crippen LogP contribution in [0.1, 0.15) is 16.7 Å². The quantitative estimate of drug-likeness (QED) is 0.620. The van der Waals surface area contributed by atoms with E-state index in [9.17, 15) is 19.3 Å². The number of halogens is 1. The number of nitro benzene ring substituents is 1. The third-order valence-corrected chi connectivity index (χ3v) is 4.06. The van der Waals surface area contributed by atoms with Gasteiger partial charge in [-0.3, -0.25) is 14.9 Å². The van der Waals surface area contributed by atoms with Gasteiger partial charge >= 0.3 is 0 Å². The van der Waals surface area contributed by atoms with Crippen molar-refractivity contribution >= 4 is 17.3 Å². The minimum absolute atomic E-state index is 0.118. The molecule has 7 heteroatoms. The number of rotatable bonds is 6. The number of amides is 1. The van der Waals surface area contributed by atoms with Crippen LogP contribution in [0.4, 0.5) is 15.8 Å². The predicted octanol–water partition coefficient (Wildman–Crippen LogP) is 2.00. The van der Waals surface area contributed by atoms with E-state index in [0.717, 1.165) is 16.0 Å². The van der Waals surface area contributed by atoms with Crippen molar-refractivity contribution in [1.82, 2.24) is 0 Å². The van der Waals surface area contributed by atoms with Crippen LogP contribution in [0, 0.1) is 29.8 Å². The molecule has 132 valence electrons. The van der Waals surface area contributed by atoms with Crippen LogP contribution in [0.5, 0.6) is 0 Å². The molecule has 0 aliphatic rings. The zero-order chi connectivity index (χ0) is 18.6. The summed E-state index contributed by atoms with van der Waals surface area (Å²) in [7, 11) is 1.83. The molecule has 0 aliphatic heterocycles. The Bertz CT molecular complexity index is 791. The van der Waals surface area contributed by atoms with E-state index < -0.39 is 4.92 Å². The van der Waals surface area contributed by atoms with Gasteiger partial charge in [0.2, 0.25) is 0 Å². The average molecular weight is 346 g/mol. The molecule has 0 heterocycles. The number of nitrogens with zero attached hydrogens (tertiary/aromatic N) is 1. The van der Waals surface area contributed by atoms with E-state index in [1.54, 1.807) is 25.1 Å². The summed E-state index contributed by atoms with van der Waals surface area (Å²) in [6.45, 7) is 4.26. The van der Waals surface area contributed by atoms with Gasteiger partial charge in [0.15, 0.2) is 6.54 Å². The minimum Gasteiger partial charge on any atom is -0.326 e. The molecule has 6 nitrogen and oxygen atoms in total. The molecule has 0 bridgehead atoms. The first-order valence-electron chi connectivity index (χ1n) is 7.88. The highest BCUT2D eigenvalue weighted by Crippen LogP contribution is 2.29. The predicted molar refractivity (Wildman–Crippen MR) is 93.1 cm³/mol. The second-order valence-corrected chi connectivity index (χ2v) is 6.14. The SMILES string of the molecule is Cc1ccc([N+](=O)[O-])c(NC(=O)C[NH+](C)Cc2ccc(F)cc2)c1C. The zero-order valence-corrected chi connectivity index (χ0v) is 14.4. The van der Waals surface area contributed by atoms with Gasteiger partial charge in [0.25, 0.3) is 11.6 Å². The summed E-state index contributed by atoms with van der Waals surface area (Å²) >= 11 is 0. The summed E-state index contributed by atoms with van der Waals surface area (Å²) in [6, 6.07) is 9.16. The number of hydrogen-bond donors (Lipinski definition) is 2. The lowest BCUT2D eigenvalue weighted by atomic mass is 10.1. The molecule has 0 aromatic heterocycles. The summed E-state index contributed by atoms with van der Waals surface area (Å²) in [6.07, 6.45) is 0. The number of hydrogen-bond acceptors (Lipinski definition) is 3. The van der Waals surface area contributed by atoms with Gasteiger partial charge in [-0.2, -0.15) is 0 Å². The van der Waals surface area contributed by atoms with E-state index in [2.05, 4.69) is 5.32 Å². The number of quaternary nitrogens is 1. The normalized spacial score (nSPS) is 11.8.